The fourth-order valence-corrected chi connectivity index (χ4v) is 10.8. The number of likely N-dealkylation sites (tertiary alicyclic amines) is 1. The van der Waals surface area contributed by atoms with Crippen LogP contribution in [0.5, 0.6) is 0 Å². The molecule has 2 aromatic carbocycles. The van der Waals surface area contributed by atoms with Gasteiger partial charge >= 0.3 is 0 Å². The zero-order chi connectivity index (χ0) is 48.0. The van der Waals surface area contributed by atoms with Crippen molar-refractivity contribution in [3.05, 3.63) is 137 Å². The Morgan fingerprint density at radius 2 is 1.15 bits per heavy atom. The predicted molar refractivity (Wildman–Crippen MR) is 249 cm³/mol. The first kappa shape index (κ1) is 52.6. The van der Waals surface area contributed by atoms with E-state index in [9.17, 15) is 44.4 Å². The summed E-state index contributed by atoms with van der Waals surface area (Å²) in [6.07, 6.45) is 11.6. The lowest BCUT2D eigenvalue weighted by Gasteiger charge is -2.26. The fraction of sp³-hybridized carbons (Fsp3) is 0.419. The van der Waals surface area contributed by atoms with Crippen LogP contribution >= 0.6 is 23.2 Å². The summed E-state index contributed by atoms with van der Waals surface area (Å²) in [6.45, 7) is 9.79. The van der Waals surface area contributed by atoms with Crippen molar-refractivity contribution in [2.24, 2.45) is 0 Å². The number of carbonyl (C=O) groups is 1. The summed E-state index contributed by atoms with van der Waals surface area (Å²) >= 11 is 11.6. The van der Waals surface area contributed by atoms with Crippen LogP contribution in [0.3, 0.4) is 0 Å². The molecule has 1 fully saturated rings. The van der Waals surface area contributed by atoms with Gasteiger partial charge in [-0.05, 0) is 75.6 Å². The monoisotopic (exact) mass is 993 g/mol. The lowest BCUT2D eigenvalue weighted by molar-refractivity contribution is -0.129. The summed E-state index contributed by atoms with van der Waals surface area (Å²) in [6, 6.07) is 14.1. The molecule has 1 aliphatic heterocycles. The second-order valence-electron chi connectivity index (χ2n) is 15.1. The molecule has 65 heavy (non-hydrogen) atoms. The van der Waals surface area contributed by atoms with Crippen molar-refractivity contribution in [1.29, 1.82) is 0 Å². The van der Waals surface area contributed by atoms with Crippen LogP contribution in [0.2, 0.25) is 10.2 Å². The van der Waals surface area contributed by atoms with E-state index in [0.717, 1.165) is 47.8 Å². The highest BCUT2D eigenvalue weighted by molar-refractivity contribution is 7.92. The maximum absolute atomic E-state index is 12.4. The van der Waals surface area contributed by atoms with Crippen molar-refractivity contribution in [1.82, 2.24) is 33.6 Å². The van der Waals surface area contributed by atoms with Crippen molar-refractivity contribution in [3.63, 3.8) is 0 Å². The molecule has 6 rings (SSSR count). The molecule has 0 saturated carbocycles. The van der Waals surface area contributed by atoms with E-state index < -0.39 is 62.9 Å². The van der Waals surface area contributed by atoms with Crippen molar-refractivity contribution in [2.45, 2.75) is 107 Å². The second-order valence-corrected chi connectivity index (χ2v) is 21.7. The summed E-state index contributed by atoms with van der Waals surface area (Å²) in [5, 5.41) is -0.909. The first-order chi connectivity index (χ1) is 30.7. The molecule has 0 spiro atoms. The molecular weight excluding hydrogens is 942 g/mol. The molecule has 1 aliphatic rings. The SMILES string of the molecule is CCCn1ccnc(S(=O)(=O)CCc2ccc(Cl)cc2)c1=O.CCCn1ccnc(S(=O)(=O)Cc2ccc(C)cc2)c1=O.CCn1cc(Cl)nc(S(=O)(=O)CC(=O)N2CCCCC2)c1=O. The normalized spacial score (nSPS) is 13.0. The van der Waals surface area contributed by atoms with E-state index in [1.54, 1.807) is 43.3 Å². The molecule has 4 heterocycles. The van der Waals surface area contributed by atoms with Crippen LogP contribution in [0.4, 0.5) is 0 Å². The van der Waals surface area contributed by atoms with Gasteiger partial charge in [0, 0.05) is 68.7 Å². The number of rotatable bonds is 15. The Balaban J connectivity index is 0.000000213. The Hall–Kier alpha value is -5.02. The molecule has 0 bridgehead atoms. The Morgan fingerprint density at radius 1 is 0.646 bits per heavy atom. The van der Waals surface area contributed by atoms with E-state index in [-0.39, 0.29) is 33.3 Å². The second kappa shape index (κ2) is 24.0. The first-order valence-electron chi connectivity index (χ1n) is 20.9. The molecule has 3 aromatic heterocycles. The molecule has 0 unspecified atom stereocenters. The quantitative estimate of drug-likeness (QED) is 0.135. The number of hydrogen-bond donors (Lipinski definition) is 0. The van der Waals surface area contributed by atoms with Crippen LogP contribution in [0.15, 0.2) is 109 Å². The maximum atomic E-state index is 12.4. The number of carbonyl (C=O) groups excluding carboxylic acids is 1. The van der Waals surface area contributed by atoms with E-state index >= 15 is 0 Å². The van der Waals surface area contributed by atoms with Gasteiger partial charge in [-0.15, -0.1) is 0 Å². The molecule has 17 nitrogen and oxygen atoms in total. The van der Waals surface area contributed by atoms with Crippen molar-refractivity contribution in [2.75, 3.05) is 24.6 Å². The van der Waals surface area contributed by atoms with Crippen LogP contribution in [0.25, 0.3) is 0 Å². The minimum absolute atomic E-state index is 0.0922. The highest BCUT2D eigenvalue weighted by atomic mass is 35.5. The summed E-state index contributed by atoms with van der Waals surface area (Å²) in [7, 11) is -11.6. The molecule has 0 radical (unpaired) electrons. The number of halogens is 2. The third-order valence-corrected chi connectivity index (χ3v) is 15.0. The molecular formula is C43H53Cl2N7O10S3. The molecule has 0 atom stereocenters. The lowest BCUT2D eigenvalue weighted by atomic mass is 10.1. The van der Waals surface area contributed by atoms with Gasteiger partial charge in [-0.25, -0.2) is 40.2 Å². The van der Waals surface area contributed by atoms with E-state index in [0.29, 0.717) is 43.2 Å². The number of aromatic nitrogens is 6. The predicted octanol–water partition coefficient (Wildman–Crippen LogP) is 4.96. The van der Waals surface area contributed by atoms with Gasteiger partial charge in [0.25, 0.3) is 16.7 Å². The average Bonchev–Trinajstić information content (AvgIpc) is 3.27. The third-order valence-electron chi connectivity index (χ3n) is 9.90. The highest BCUT2D eigenvalue weighted by Crippen LogP contribution is 2.15. The van der Waals surface area contributed by atoms with Gasteiger partial charge in [0.05, 0.1) is 11.5 Å². The van der Waals surface area contributed by atoms with Gasteiger partial charge < -0.3 is 18.6 Å². The zero-order valence-electron chi connectivity index (χ0n) is 36.6. The minimum atomic E-state index is -4.11. The molecule has 1 saturated heterocycles. The van der Waals surface area contributed by atoms with E-state index in [2.05, 4.69) is 15.0 Å². The number of sulfone groups is 3. The molecule has 5 aromatic rings. The fourth-order valence-electron chi connectivity index (χ4n) is 6.47. The summed E-state index contributed by atoms with van der Waals surface area (Å²) < 4.78 is 78.1. The number of hydrogen-bond acceptors (Lipinski definition) is 13. The van der Waals surface area contributed by atoms with Crippen LogP contribution in [0, 0.1) is 6.92 Å². The number of piperidine rings is 1. The smallest absolute Gasteiger partial charge is 0.288 e. The van der Waals surface area contributed by atoms with Gasteiger partial charge in [-0.1, -0.05) is 79.0 Å². The highest BCUT2D eigenvalue weighted by Gasteiger charge is 2.29. The maximum Gasteiger partial charge on any atom is 0.288 e. The minimum Gasteiger partial charge on any atom is -0.342 e. The van der Waals surface area contributed by atoms with Crippen LogP contribution in [0.1, 0.15) is 69.6 Å². The van der Waals surface area contributed by atoms with Crippen molar-refractivity contribution in [3.8, 4) is 0 Å². The molecule has 22 heteroatoms. The molecule has 0 aliphatic carbocycles. The van der Waals surface area contributed by atoms with Gasteiger partial charge in [0.1, 0.15) is 10.9 Å². The first-order valence-corrected chi connectivity index (χ1v) is 26.6. The summed E-state index contributed by atoms with van der Waals surface area (Å²) in [5.74, 6) is -1.62. The van der Waals surface area contributed by atoms with Gasteiger partial charge in [-0.3, -0.25) is 19.2 Å². The Labute approximate surface area is 388 Å². The van der Waals surface area contributed by atoms with E-state index in [4.69, 9.17) is 23.2 Å². The largest absolute Gasteiger partial charge is 0.342 e. The summed E-state index contributed by atoms with van der Waals surface area (Å²) in [4.78, 5) is 61.3. The van der Waals surface area contributed by atoms with Crippen molar-refractivity contribution < 1.29 is 30.0 Å². The van der Waals surface area contributed by atoms with Crippen LogP contribution in [-0.4, -0.2) is 89.3 Å². The zero-order valence-corrected chi connectivity index (χ0v) is 40.6. The molecule has 1 amide bonds. The third kappa shape index (κ3) is 15.0. The van der Waals surface area contributed by atoms with Crippen LogP contribution in [-0.2, 0) is 66.1 Å². The number of nitrogens with zero attached hydrogens (tertiary/aromatic N) is 7. The van der Waals surface area contributed by atoms with Gasteiger partial charge in [0.15, 0.2) is 0 Å². The average molecular weight is 995 g/mol. The standard InChI is InChI=1S/C15H17ClN2O3S.C15H18N2O3S.C13H18ClN3O4S/c1-2-9-18-10-8-17-14(15(18)19)22(20,21)11-7-12-3-5-13(16)6-4-12;1-3-9-17-10-8-16-14(15(17)18)21(19,20)11-13-6-4-12(2)5-7-13;1-2-16-8-10(14)15-12(13(16)19)22(20,21)9-11(18)17-6-4-3-5-7-17/h3-6,8,10H,2,7,9,11H2,1H3;4-8,10H,3,9,11H2,1-2H3;8H,2-7,9H2,1H3. The number of aryl methyl sites for hydroxylation is 5. The van der Waals surface area contributed by atoms with E-state index in [1.807, 2.05) is 32.9 Å². The van der Waals surface area contributed by atoms with Gasteiger partial charge in [-0.2, -0.15) is 0 Å². The Bertz CT molecular complexity index is 2940. The van der Waals surface area contributed by atoms with E-state index in [1.165, 1.54) is 45.0 Å². The topological polar surface area (TPSA) is 227 Å². The molecule has 352 valence electrons. The number of benzene rings is 2. The summed E-state index contributed by atoms with van der Waals surface area (Å²) in [5.41, 5.74) is 0.690. The Morgan fingerprint density at radius 3 is 1.68 bits per heavy atom. The lowest BCUT2D eigenvalue weighted by Crippen LogP contribution is -2.40. The number of amides is 1. The van der Waals surface area contributed by atoms with Gasteiger partial charge in [0.2, 0.25) is 50.5 Å². The van der Waals surface area contributed by atoms with Crippen molar-refractivity contribution >= 4 is 58.6 Å². The Kier molecular flexibility index (Phi) is 19.4. The molecule has 0 N–H and O–H groups in total. The van der Waals surface area contributed by atoms with Crippen LogP contribution < -0.4 is 16.7 Å².